The van der Waals surface area contributed by atoms with Crippen molar-refractivity contribution in [2.24, 2.45) is 5.92 Å². The van der Waals surface area contributed by atoms with E-state index in [1.54, 1.807) is 18.2 Å². The standard InChI is InChI=1S/C22H25NO2S/c1-4-16-23(26(24,25)21-14-10-17(2)11-15-21)22(18(3)19-12-13-19)20-8-6-5-7-9-20/h4-11,14-15,19,22H,1,3,12-13,16H2,2H3. The van der Waals surface area contributed by atoms with Gasteiger partial charge in [-0.2, -0.15) is 4.31 Å². The average molecular weight is 368 g/mol. The number of nitrogens with zero attached hydrogens (tertiary/aromatic N) is 1. The quantitative estimate of drug-likeness (QED) is 0.624. The molecule has 0 aliphatic heterocycles. The normalized spacial score (nSPS) is 15.6. The van der Waals surface area contributed by atoms with E-state index in [9.17, 15) is 8.42 Å². The van der Waals surface area contributed by atoms with Crippen LogP contribution >= 0.6 is 0 Å². The first kappa shape index (κ1) is 18.6. The minimum Gasteiger partial charge on any atom is -0.207 e. The van der Waals surface area contributed by atoms with Crippen molar-refractivity contribution in [2.45, 2.75) is 30.7 Å². The molecular formula is C22H25NO2S. The predicted molar refractivity (Wildman–Crippen MR) is 106 cm³/mol. The molecule has 1 aliphatic carbocycles. The summed E-state index contributed by atoms with van der Waals surface area (Å²) >= 11 is 0. The smallest absolute Gasteiger partial charge is 0.207 e. The van der Waals surface area contributed by atoms with Gasteiger partial charge in [-0.1, -0.05) is 66.3 Å². The van der Waals surface area contributed by atoms with Crippen molar-refractivity contribution in [3.8, 4) is 0 Å². The zero-order valence-corrected chi connectivity index (χ0v) is 16.0. The second-order valence-corrected chi connectivity index (χ2v) is 8.73. The van der Waals surface area contributed by atoms with E-state index in [1.165, 1.54) is 4.31 Å². The van der Waals surface area contributed by atoms with Gasteiger partial charge in [-0.25, -0.2) is 8.42 Å². The third-order valence-electron chi connectivity index (χ3n) is 4.79. The molecule has 1 aliphatic rings. The molecule has 0 N–H and O–H groups in total. The Hall–Kier alpha value is -2.17. The van der Waals surface area contributed by atoms with Gasteiger partial charge in [0.05, 0.1) is 10.9 Å². The Labute approximate surface area is 156 Å². The van der Waals surface area contributed by atoms with Gasteiger partial charge in [0.25, 0.3) is 0 Å². The van der Waals surface area contributed by atoms with E-state index in [4.69, 9.17) is 0 Å². The van der Waals surface area contributed by atoms with Crippen molar-refractivity contribution in [3.05, 3.63) is 90.5 Å². The lowest BCUT2D eigenvalue weighted by Crippen LogP contribution is -2.36. The summed E-state index contributed by atoms with van der Waals surface area (Å²) in [7, 11) is -3.68. The third kappa shape index (κ3) is 3.81. The largest absolute Gasteiger partial charge is 0.244 e. The lowest BCUT2D eigenvalue weighted by atomic mass is 9.96. The van der Waals surface area contributed by atoms with Crippen LogP contribution in [0.1, 0.15) is 30.0 Å². The number of hydrogen-bond acceptors (Lipinski definition) is 2. The van der Waals surface area contributed by atoms with Crippen LogP contribution in [0.2, 0.25) is 0 Å². The van der Waals surface area contributed by atoms with Crippen molar-refractivity contribution in [2.75, 3.05) is 6.54 Å². The van der Waals surface area contributed by atoms with Gasteiger partial charge < -0.3 is 0 Å². The molecule has 1 saturated carbocycles. The minimum absolute atomic E-state index is 0.238. The fourth-order valence-electron chi connectivity index (χ4n) is 3.19. The number of aryl methyl sites for hydroxylation is 1. The molecule has 4 heteroatoms. The first-order valence-electron chi connectivity index (χ1n) is 8.88. The molecule has 0 amide bonds. The SMILES string of the molecule is C=CCN(C(C(=C)C1CC1)c1ccccc1)S(=O)(=O)c1ccc(C)cc1. The molecule has 1 unspecified atom stereocenters. The second kappa shape index (κ2) is 7.60. The maximum Gasteiger partial charge on any atom is 0.244 e. The number of sulfonamides is 1. The summed E-state index contributed by atoms with van der Waals surface area (Å²) in [6.45, 7) is 10.2. The first-order valence-corrected chi connectivity index (χ1v) is 10.3. The van der Waals surface area contributed by atoms with Crippen molar-refractivity contribution >= 4 is 10.0 Å². The van der Waals surface area contributed by atoms with Crippen LogP contribution in [-0.2, 0) is 10.0 Å². The highest BCUT2D eigenvalue weighted by Gasteiger charge is 2.38. The van der Waals surface area contributed by atoms with Crippen molar-refractivity contribution in [3.63, 3.8) is 0 Å². The van der Waals surface area contributed by atoms with E-state index < -0.39 is 10.0 Å². The summed E-state index contributed by atoms with van der Waals surface area (Å²) in [4.78, 5) is 0.300. The van der Waals surface area contributed by atoms with Crippen LogP contribution in [0.5, 0.6) is 0 Å². The average Bonchev–Trinajstić information content (AvgIpc) is 3.47. The lowest BCUT2D eigenvalue weighted by molar-refractivity contribution is 0.377. The molecule has 0 bridgehead atoms. The zero-order valence-electron chi connectivity index (χ0n) is 15.1. The molecule has 0 saturated heterocycles. The minimum atomic E-state index is -3.68. The van der Waals surface area contributed by atoms with Crippen molar-refractivity contribution in [1.82, 2.24) is 4.31 Å². The van der Waals surface area contributed by atoms with Gasteiger partial charge in [0.15, 0.2) is 0 Å². The molecule has 1 fully saturated rings. The summed E-state index contributed by atoms with van der Waals surface area (Å²) in [5.74, 6) is 0.390. The fourth-order valence-corrected chi connectivity index (χ4v) is 4.78. The Morgan fingerprint density at radius 3 is 2.31 bits per heavy atom. The highest BCUT2D eigenvalue weighted by Crippen LogP contribution is 2.45. The van der Waals surface area contributed by atoms with E-state index in [1.807, 2.05) is 49.4 Å². The Balaban J connectivity index is 2.08. The summed E-state index contributed by atoms with van der Waals surface area (Å²) in [5, 5.41) is 0. The summed E-state index contributed by atoms with van der Waals surface area (Å²) in [5.41, 5.74) is 2.94. The van der Waals surface area contributed by atoms with Crippen molar-refractivity contribution in [1.29, 1.82) is 0 Å². The Morgan fingerprint density at radius 2 is 1.77 bits per heavy atom. The van der Waals surface area contributed by atoms with Crippen LogP contribution in [0.3, 0.4) is 0 Å². The molecule has 0 radical (unpaired) electrons. The number of rotatable bonds is 8. The van der Waals surface area contributed by atoms with Gasteiger partial charge >= 0.3 is 0 Å². The van der Waals surface area contributed by atoms with E-state index in [-0.39, 0.29) is 12.6 Å². The molecule has 26 heavy (non-hydrogen) atoms. The van der Waals surface area contributed by atoms with Gasteiger partial charge in [-0.3, -0.25) is 0 Å². The molecule has 2 aromatic carbocycles. The van der Waals surface area contributed by atoms with E-state index in [0.29, 0.717) is 10.8 Å². The summed E-state index contributed by atoms with van der Waals surface area (Å²) in [6, 6.07) is 16.4. The maximum atomic E-state index is 13.4. The van der Waals surface area contributed by atoms with E-state index >= 15 is 0 Å². The van der Waals surface area contributed by atoms with Crippen LogP contribution < -0.4 is 0 Å². The number of benzene rings is 2. The molecule has 3 rings (SSSR count). The predicted octanol–water partition coefficient (Wildman–Crippen LogP) is 4.88. The van der Waals surface area contributed by atoms with Crippen LogP contribution in [-0.4, -0.2) is 19.3 Å². The number of hydrogen-bond donors (Lipinski definition) is 0. The maximum absolute atomic E-state index is 13.4. The Morgan fingerprint density at radius 1 is 1.15 bits per heavy atom. The zero-order chi connectivity index (χ0) is 18.7. The van der Waals surface area contributed by atoms with Gasteiger partial charge in [0.1, 0.15) is 0 Å². The van der Waals surface area contributed by atoms with E-state index in [0.717, 1.165) is 29.5 Å². The lowest BCUT2D eigenvalue weighted by Gasteiger charge is -2.32. The monoisotopic (exact) mass is 367 g/mol. The fraction of sp³-hybridized carbons (Fsp3) is 0.273. The molecule has 0 heterocycles. The van der Waals surface area contributed by atoms with Gasteiger partial charge in [-0.15, -0.1) is 6.58 Å². The molecule has 136 valence electrons. The molecule has 2 aromatic rings. The molecule has 1 atom stereocenters. The van der Waals surface area contributed by atoms with Crippen LogP contribution in [0, 0.1) is 12.8 Å². The summed E-state index contributed by atoms with van der Waals surface area (Å²) in [6.07, 6.45) is 3.80. The molecule has 0 spiro atoms. The van der Waals surface area contributed by atoms with Gasteiger partial charge in [0.2, 0.25) is 10.0 Å². The Bertz CT molecular complexity index is 881. The first-order chi connectivity index (χ1) is 12.4. The van der Waals surface area contributed by atoms with Crippen molar-refractivity contribution < 1.29 is 8.42 Å². The molecular weight excluding hydrogens is 342 g/mol. The molecule has 3 nitrogen and oxygen atoms in total. The summed E-state index contributed by atoms with van der Waals surface area (Å²) < 4.78 is 28.4. The molecule has 0 aromatic heterocycles. The highest BCUT2D eigenvalue weighted by molar-refractivity contribution is 7.89. The third-order valence-corrected chi connectivity index (χ3v) is 6.64. The van der Waals surface area contributed by atoms with Gasteiger partial charge in [-0.05, 0) is 43.4 Å². The van der Waals surface area contributed by atoms with Crippen LogP contribution in [0.25, 0.3) is 0 Å². The van der Waals surface area contributed by atoms with Gasteiger partial charge in [0, 0.05) is 6.54 Å². The highest BCUT2D eigenvalue weighted by atomic mass is 32.2. The van der Waals surface area contributed by atoms with Crippen LogP contribution in [0.15, 0.2) is 84.3 Å². The van der Waals surface area contributed by atoms with Crippen LogP contribution in [0.4, 0.5) is 0 Å². The topological polar surface area (TPSA) is 37.4 Å². The Kier molecular flexibility index (Phi) is 5.44. The van der Waals surface area contributed by atoms with E-state index in [2.05, 4.69) is 13.2 Å². The second-order valence-electron chi connectivity index (χ2n) is 6.84.